The summed E-state index contributed by atoms with van der Waals surface area (Å²) >= 11 is 0. The lowest BCUT2D eigenvalue weighted by molar-refractivity contribution is -0.138. The number of oxazole rings is 1. The van der Waals surface area contributed by atoms with Gasteiger partial charge in [-0.05, 0) is 35.9 Å². The Morgan fingerprint density at radius 1 is 0.960 bits per heavy atom. The topological polar surface area (TPSA) is 38.1 Å². The third-order valence-electron chi connectivity index (χ3n) is 3.59. The summed E-state index contributed by atoms with van der Waals surface area (Å²) in [6.07, 6.45) is -2.97. The number of hydrogen-bond acceptors (Lipinski definition) is 3. The van der Waals surface area contributed by atoms with Crippen LogP contribution in [0.2, 0.25) is 0 Å². The van der Waals surface area contributed by atoms with Gasteiger partial charge in [0.2, 0.25) is 5.89 Å². The molecule has 0 saturated heterocycles. The van der Waals surface area contributed by atoms with E-state index in [1.807, 2.05) is 0 Å². The molecule has 0 aliphatic rings. The van der Waals surface area contributed by atoms with E-state index in [1.54, 1.807) is 6.07 Å². The lowest BCUT2D eigenvalue weighted by atomic mass is 10.1. The van der Waals surface area contributed by atoms with Crippen molar-refractivity contribution in [3.05, 3.63) is 77.4 Å². The number of alkyl halides is 3. The summed E-state index contributed by atoms with van der Waals surface area (Å²) in [7, 11) is 0. The molecule has 1 aromatic heterocycles. The van der Waals surface area contributed by atoms with Gasteiger partial charge >= 0.3 is 6.18 Å². The number of halogens is 4. The molecular formula is C18H14F4N2O. The number of hydrogen-bond donors (Lipinski definition) is 1. The lowest BCUT2D eigenvalue weighted by Gasteiger charge is -2.12. The molecule has 3 nitrogen and oxygen atoms in total. The smallest absolute Gasteiger partial charge is 0.416 e. The van der Waals surface area contributed by atoms with Gasteiger partial charge in [0.15, 0.2) is 0 Å². The van der Waals surface area contributed by atoms with E-state index in [9.17, 15) is 17.6 Å². The molecule has 3 rings (SSSR count). The third-order valence-corrected chi connectivity index (χ3v) is 3.59. The number of nitrogens with zero attached hydrogens (tertiary/aromatic N) is 1. The van der Waals surface area contributed by atoms with Crippen molar-refractivity contribution >= 4 is 0 Å². The van der Waals surface area contributed by atoms with Crippen molar-refractivity contribution in [2.45, 2.75) is 19.3 Å². The van der Waals surface area contributed by atoms with Crippen LogP contribution in [0.15, 0.2) is 59.2 Å². The first-order valence-corrected chi connectivity index (χ1v) is 7.49. The van der Waals surface area contributed by atoms with Crippen LogP contribution in [0.1, 0.15) is 16.8 Å². The van der Waals surface area contributed by atoms with Gasteiger partial charge in [-0.25, -0.2) is 9.37 Å². The average molecular weight is 350 g/mol. The van der Waals surface area contributed by atoms with Crippen LogP contribution >= 0.6 is 0 Å². The molecule has 2 aromatic carbocycles. The molecule has 0 bridgehead atoms. The molecule has 0 aliphatic carbocycles. The Morgan fingerprint density at radius 3 is 2.40 bits per heavy atom. The summed E-state index contributed by atoms with van der Waals surface area (Å²) in [5, 5.41) is 2.92. The van der Waals surface area contributed by atoms with Crippen LogP contribution in [0.4, 0.5) is 17.6 Å². The Bertz CT molecular complexity index is 841. The zero-order chi connectivity index (χ0) is 17.9. The predicted octanol–water partition coefficient (Wildman–Crippen LogP) is 4.79. The fourth-order valence-corrected chi connectivity index (χ4v) is 2.39. The third kappa shape index (κ3) is 4.24. The van der Waals surface area contributed by atoms with E-state index >= 15 is 0 Å². The van der Waals surface area contributed by atoms with Crippen LogP contribution in [-0.2, 0) is 19.3 Å². The van der Waals surface area contributed by atoms with E-state index in [0.29, 0.717) is 17.1 Å². The van der Waals surface area contributed by atoms with Crippen molar-refractivity contribution in [3.63, 3.8) is 0 Å². The molecule has 0 atom stereocenters. The fraction of sp³-hybridized carbons (Fsp3) is 0.167. The summed E-state index contributed by atoms with van der Waals surface area (Å²) < 4.78 is 57.0. The van der Waals surface area contributed by atoms with Crippen LogP contribution < -0.4 is 5.32 Å². The van der Waals surface area contributed by atoms with Gasteiger partial charge in [0, 0.05) is 18.7 Å². The van der Waals surface area contributed by atoms with Crippen LogP contribution in [-0.4, -0.2) is 4.98 Å². The molecule has 0 spiro atoms. The van der Waals surface area contributed by atoms with Gasteiger partial charge in [0.05, 0.1) is 11.3 Å². The number of benzene rings is 2. The van der Waals surface area contributed by atoms with Crippen LogP contribution in [0.5, 0.6) is 0 Å². The maximum Gasteiger partial charge on any atom is 0.416 e. The molecule has 1 heterocycles. The van der Waals surface area contributed by atoms with Crippen molar-refractivity contribution < 1.29 is 22.0 Å². The highest BCUT2D eigenvalue weighted by atomic mass is 19.4. The first kappa shape index (κ1) is 17.2. The van der Waals surface area contributed by atoms with E-state index in [-0.39, 0.29) is 24.5 Å². The largest absolute Gasteiger partial charge is 0.444 e. The predicted molar refractivity (Wildman–Crippen MR) is 83.9 cm³/mol. The highest BCUT2D eigenvalue weighted by Gasteiger charge is 2.32. The molecule has 0 radical (unpaired) electrons. The van der Waals surface area contributed by atoms with Gasteiger partial charge < -0.3 is 9.73 Å². The quantitative estimate of drug-likeness (QED) is 0.673. The molecule has 0 aliphatic heterocycles. The molecule has 0 amide bonds. The van der Waals surface area contributed by atoms with Crippen molar-refractivity contribution in [2.24, 2.45) is 0 Å². The first-order chi connectivity index (χ1) is 11.9. The second-order valence-electron chi connectivity index (χ2n) is 5.41. The van der Waals surface area contributed by atoms with Crippen molar-refractivity contribution in [2.75, 3.05) is 0 Å². The normalized spacial score (nSPS) is 11.7. The second-order valence-corrected chi connectivity index (χ2v) is 5.41. The molecular weight excluding hydrogens is 336 g/mol. The maximum atomic E-state index is 12.9. The Balaban J connectivity index is 1.63. The van der Waals surface area contributed by atoms with Gasteiger partial charge in [0.1, 0.15) is 12.1 Å². The number of aromatic nitrogens is 1. The zero-order valence-electron chi connectivity index (χ0n) is 13.0. The minimum atomic E-state index is -4.39. The van der Waals surface area contributed by atoms with Crippen molar-refractivity contribution in [1.82, 2.24) is 10.3 Å². The lowest BCUT2D eigenvalue weighted by Crippen LogP contribution is -2.17. The van der Waals surface area contributed by atoms with E-state index in [4.69, 9.17) is 4.42 Å². The van der Waals surface area contributed by atoms with Crippen molar-refractivity contribution in [3.8, 4) is 11.5 Å². The number of rotatable bonds is 5. The van der Waals surface area contributed by atoms with E-state index < -0.39 is 11.7 Å². The zero-order valence-corrected chi connectivity index (χ0v) is 13.0. The second kappa shape index (κ2) is 7.06. The molecule has 25 heavy (non-hydrogen) atoms. The van der Waals surface area contributed by atoms with Crippen molar-refractivity contribution in [1.29, 1.82) is 0 Å². The van der Waals surface area contributed by atoms with Gasteiger partial charge in [0.25, 0.3) is 0 Å². The maximum absolute atomic E-state index is 12.9. The van der Waals surface area contributed by atoms with E-state index in [1.165, 1.54) is 42.7 Å². The monoisotopic (exact) mass is 350 g/mol. The van der Waals surface area contributed by atoms with E-state index in [2.05, 4.69) is 10.3 Å². The highest BCUT2D eigenvalue weighted by molar-refractivity contribution is 5.52. The van der Waals surface area contributed by atoms with Gasteiger partial charge in [-0.1, -0.05) is 18.2 Å². The Hall–Kier alpha value is -2.67. The molecule has 130 valence electrons. The van der Waals surface area contributed by atoms with E-state index in [0.717, 1.165) is 6.07 Å². The summed E-state index contributed by atoms with van der Waals surface area (Å²) in [6, 6.07) is 11.1. The van der Waals surface area contributed by atoms with Gasteiger partial charge in [-0.15, -0.1) is 0 Å². The summed E-state index contributed by atoms with van der Waals surface area (Å²) in [5.74, 6) is -0.0342. The average Bonchev–Trinajstić information content (AvgIpc) is 3.04. The first-order valence-electron chi connectivity index (χ1n) is 7.49. The summed E-state index contributed by atoms with van der Waals surface area (Å²) in [4.78, 5) is 4.24. The summed E-state index contributed by atoms with van der Waals surface area (Å²) in [6.45, 7) is 0.297. The Morgan fingerprint density at radius 2 is 1.68 bits per heavy atom. The minimum absolute atomic E-state index is 0.0500. The molecule has 0 saturated carbocycles. The standard InChI is InChI=1S/C18H14F4N2O/c19-14-7-5-12(6-8-14)17-24-15(11-25-17)10-23-9-13-3-1-2-4-16(13)18(20,21)22/h1-8,11,23H,9-10H2. The van der Waals surface area contributed by atoms with Gasteiger partial charge in [-0.2, -0.15) is 13.2 Å². The summed E-state index contributed by atoms with van der Waals surface area (Å²) in [5.41, 5.74) is 0.672. The Kier molecular flexibility index (Phi) is 4.85. The van der Waals surface area contributed by atoms with Crippen LogP contribution in [0.3, 0.4) is 0 Å². The minimum Gasteiger partial charge on any atom is -0.444 e. The molecule has 1 N–H and O–H groups in total. The van der Waals surface area contributed by atoms with Crippen LogP contribution in [0.25, 0.3) is 11.5 Å². The molecule has 7 heteroatoms. The molecule has 0 fully saturated rings. The molecule has 0 unspecified atom stereocenters. The van der Waals surface area contributed by atoms with Crippen LogP contribution in [0, 0.1) is 5.82 Å². The SMILES string of the molecule is Fc1ccc(-c2nc(CNCc3ccccc3C(F)(F)F)co2)cc1. The Labute approximate surface area is 141 Å². The van der Waals surface area contributed by atoms with Gasteiger partial charge in [-0.3, -0.25) is 0 Å². The number of nitrogens with one attached hydrogen (secondary N) is 1. The highest BCUT2D eigenvalue weighted by Crippen LogP contribution is 2.31. The fourth-order valence-electron chi connectivity index (χ4n) is 2.39. The molecule has 3 aromatic rings.